The number of anilines is 3. The van der Waals surface area contributed by atoms with Crippen molar-refractivity contribution >= 4 is 17.6 Å². The first-order valence-corrected chi connectivity index (χ1v) is 7.33. The van der Waals surface area contributed by atoms with Crippen LogP contribution < -0.4 is 10.6 Å². The first-order valence-electron chi connectivity index (χ1n) is 7.33. The van der Waals surface area contributed by atoms with Gasteiger partial charge in [0.25, 0.3) is 0 Å². The summed E-state index contributed by atoms with van der Waals surface area (Å²) in [5.41, 5.74) is 1.18. The van der Waals surface area contributed by atoms with E-state index in [1.807, 2.05) is 31.2 Å². The molecule has 0 spiro atoms. The van der Waals surface area contributed by atoms with Crippen LogP contribution in [-0.4, -0.2) is 26.7 Å². The molecule has 6 nitrogen and oxygen atoms in total. The molecule has 0 saturated heterocycles. The molecule has 1 aliphatic carbocycles. The molecule has 2 heterocycles. The summed E-state index contributed by atoms with van der Waals surface area (Å²) < 4.78 is 0. The van der Waals surface area contributed by atoms with Crippen LogP contribution in [0.5, 0.6) is 0 Å². The third kappa shape index (κ3) is 4.05. The number of H-pyrrole nitrogens is 1. The van der Waals surface area contributed by atoms with Gasteiger partial charge in [0.2, 0.25) is 5.95 Å². The lowest BCUT2D eigenvalue weighted by Gasteiger charge is -2.04. The second kappa shape index (κ2) is 6.39. The Morgan fingerprint density at radius 2 is 2.29 bits per heavy atom. The summed E-state index contributed by atoms with van der Waals surface area (Å²) in [6.45, 7) is 2.70. The first-order chi connectivity index (χ1) is 10.3. The fourth-order valence-corrected chi connectivity index (χ4v) is 2.08. The van der Waals surface area contributed by atoms with Gasteiger partial charge in [-0.25, -0.2) is 4.98 Å². The van der Waals surface area contributed by atoms with Crippen molar-refractivity contribution in [2.24, 2.45) is 5.92 Å². The lowest BCUT2D eigenvalue weighted by molar-refractivity contribution is 0.796. The van der Waals surface area contributed by atoms with Gasteiger partial charge in [-0.2, -0.15) is 10.1 Å². The fourth-order valence-electron chi connectivity index (χ4n) is 2.08. The average molecular weight is 284 g/mol. The van der Waals surface area contributed by atoms with E-state index in [1.165, 1.54) is 18.5 Å². The summed E-state index contributed by atoms with van der Waals surface area (Å²) in [4.78, 5) is 8.58. The van der Waals surface area contributed by atoms with Crippen LogP contribution in [0.15, 0.2) is 30.5 Å². The molecule has 0 aromatic carbocycles. The molecule has 2 aromatic rings. The van der Waals surface area contributed by atoms with Crippen molar-refractivity contribution in [1.29, 1.82) is 0 Å². The Balaban J connectivity index is 1.60. The lowest BCUT2D eigenvalue weighted by atomic mass is 10.2. The first kappa shape index (κ1) is 13.6. The van der Waals surface area contributed by atoms with Crippen molar-refractivity contribution in [3.05, 3.63) is 36.2 Å². The van der Waals surface area contributed by atoms with Crippen LogP contribution in [-0.2, 0) is 6.42 Å². The number of aromatic amines is 1. The summed E-state index contributed by atoms with van der Waals surface area (Å²) >= 11 is 0. The quantitative estimate of drug-likeness (QED) is 0.681. The highest BCUT2D eigenvalue weighted by atomic mass is 15.2. The van der Waals surface area contributed by atoms with Gasteiger partial charge in [-0.3, -0.25) is 5.10 Å². The summed E-state index contributed by atoms with van der Waals surface area (Å²) in [7, 11) is 0. The minimum Gasteiger partial charge on any atom is -0.351 e. The molecular formula is C15H20N6. The van der Waals surface area contributed by atoms with Gasteiger partial charge in [0.05, 0.1) is 0 Å². The Bertz CT molecular complexity index is 614. The fraction of sp³-hybridized carbons (Fsp3) is 0.400. The molecule has 3 N–H and O–H groups in total. The van der Waals surface area contributed by atoms with E-state index in [-0.39, 0.29) is 0 Å². The number of allylic oxidation sites excluding steroid dienone is 1. The van der Waals surface area contributed by atoms with Gasteiger partial charge in [0.1, 0.15) is 5.82 Å². The van der Waals surface area contributed by atoms with Gasteiger partial charge in [-0.15, -0.1) is 0 Å². The highest BCUT2D eigenvalue weighted by Gasteiger charge is 2.22. The largest absolute Gasteiger partial charge is 0.351 e. The average Bonchev–Trinajstić information content (AvgIpc) is 3.19. The smallest absolute Gasteiger partial charge is 0.224 e. The maximum Gasteiger partial charge on any atom is 0.224 e. The van der Waals surface area contributed by atoms with Gasteiger partial charge in [0, 0.05) is 24.5 Å². The molecule has 0 atom stereocenters. The molecule has 6 heteroatoms. The van der Waals surface area contributed by atoms with Crippen molar-refractivity contribution in [3.63, 3.8) is 0 Å². The molecule has 0 aliphatic heterocycles. The zero-order chi connectivity index (χ0) is 14.5. The number of nitrogens with one attached hydrogen (secondary N) is 3. The van der Waals surface area contributed by atoms with E-state index in [0.29, 0.717) is 12.5 Å². The van der Waals surface area contributed by atoms with Gasteiger partial charge in [-0.1, -0.05) is 12.2 Å². The van der Waals surface area contributed by atoms with Crippen LogP contribution in [0.25, 0.3) is 0 Å². The second-order valence-electron chi connectivity index (χ2n) is 5.27. The van der Waals surface area contributed by atoms with Crippen LogP contribution in [0.4, 0.5) is 17.6 Å². The highest BCUT2D eigenvalue weighted by Crippen LogP contribution is 2.32. The maximum absolute atomic E-state index is 4.40. The topological polar surface area (TPSA) is 78.5 Å². The number of hydrogen-bond donors (Lipinski definition) is 3. The molecule has 1 saturated carbocycles. The van der Waals surface area contributed by atoms with Crippen LogP contribution in [0.3, 0.4) is 0 Å². The molecule has 0 bridgehead atoms. The van der Waals surface area contributed by atoms with E-state index < -0.39 is 0 Å². The molecule has 1 aliphatic rings. The normalized spacial score (nSPS) is 14.5. The Labute approximate surface area is 124 Å². The molecule has 2 aromatic heterocycles. The van der Waals surface area contributed by atoms with E-state index in [1.54, 1.807) is 6.20 Å². The zero-order valence-electron chi connectivity index (χ0n) is 12.1. The Kier molecular flexibility index (Phi) is 4.14. The third-order valence-corrected chi connectivity index (χ3v) is 3.36. The number of rotatable bonds is 7. The summed E-state index contributed by atoms with van der Waals surface area (Å²) in [6.07, 6.45) is 9.51. The van der Waals surface area contributed by atoms with E-state index in [2.05, 4.69) is 30.8 Å². The number of nitrogens with zero attached hydrogens (tertiary/aromatic N) is 3. The monoisotopic (exact) mass is 284 g/mol. The standard InChI is InChI=1S/C15H20N6/c1-2-3-7-16-15-17-8-6-13(19-15)18-14-10-12(20-21-14)9-11-4-5-11/h2-3,6,8,10-11H,4-5,7,9H2,1H3,(H3,16,17,18,19,20,21)/b3-2-. The molecular weight excluding hydrogens is 264 g/mol. The predicted octanol–water partition coefficient (Wildman–Crippen LogP) is 2.88. The van der Waals surface area contributed by atoms with Gasteiger partial charge < -0.3 is 10.6 Å². The summed E-state index contributed by atoms with van der Waals surface area (Å²) in [5, 5.41) is 13.7. The van der Waals surface area contributed by atoms with Crippen LogP contribution >= 0.6 is 0 Å². The maximum atomic E-state index is 4.40. The Hall–Kier alpha value is -2.37. The third-order valence-electron chi connectivity index (χ3n) is 3.36. The highest BCUT2D eigenvalue weighted by molar-refractivity contribution is 5.53. The SMILES string of the molecule is C/C=C\CNc1nccc(Nc2cc(CC3CC3)[nH]n2)n1. The second-order valence-corrected chi connectivity index (χ2v) is 5.27. The van der Waals surface area contributed by atoms with Crippen LogP contribution in [0, 0.1) is 5.92 Å². The van der Waals surface area contributed by atoms with E-state index >= 15 is 0 Å². The van der Waals surface area contributed by atoms with Crippen LogP contribution in [0.2, 0.25) is 0 Å². The molecule has 0 radical (unpaired) electrons. The minimum atomic E-state index is 0.604. The summed E-state index contributed by atoms with van der Waals surface area (Å²) in [5.74, 6) is 2.98. The van der Waals surface area contributed by atoms with E-state index in [0.717, 1.165) is 24.0 Å². The van der Waals surface area contributed by atoms with Crippen LogP contribution in [0.1, 0.15) is 25.5 Å². The minimum absolute atomic E-state index is 0.604. The van der Waals surface area contributed by atoms with Crippen molar-refractivity contribution in [2.75, 3.05) is 17.2 Å². The molecule has 3 rings (SSSR count). The lowest BCUT2D eigenvalue weighted by Crippen LogP contribution is -2.04. The summed E-state index contributed by atoms with van der Waals surface area (Å²) in [6, 6.07) is 3.88. The Morgan fingerprint density at radius 1 is 1.38 bits per heavy atom. The van der Waals surface area contributed by atoms with Gasteiger partial charge >= 0.3 is 0 Å². The van der Waals surface area contributed by atoms with Crippen molar-refractivity contribution < 1.29 is 0 Å². The van der Waals surface area contributed by atoms with Crippen molar-refractivity contribution in [1.82, 2.24) is 20.2 Å². The molecule has 0 unspecified atom stereocenters. The molecule has 110 valence electrons. The van der Waals surface area contributed by atoms with Gasteiger partial charge in [-0.05, 0) is 38.2 Å². The molecule has 1 fully saturated rings. The van der Waals surface area contributed by atoms with E-state index in [9.17, 15) is 0 Å². The zero-order valence-corrected chi connectivity index (χ0v) is 12.1. The van der Waals surface area contributed by atoms with Crippen molar-refractivity contribution in [3.8, 4) is 0 Å². The van der Waals surface area contributed by atoms with E-state index in [4.69, 9.17) is 0 Å². The predicted molar refractivity (Wildman–Crippen MR) is 83.6 cm³/mol. The number of hydrogen-bond acceptors (Lipinski definition) is 5. The van der Waals surface area contributed by atoms with Gasteiger partial charge in [0.15, 0.2) is 5.82 Å². The molecule has 21 heavy (non-hydrogen) atoms. The Morgan fingerprint density at radius 3 is 3.10 bits per heavy atom. The number of aromatic nitrogens is 4. The molecule has 0 amide bonds. The van der Waals surface area contributed by atoms with Crippen molar-refractivity contribution in [2.45, 2.75) is 26.2 Å².